The molecule has 1 aromatic heterocycles. The number of amides is 1. The molecule has 128 valence electrons. The van der Waals surface area contributed by atoms with Crippen LogP contribution in [0, 0.1) is 5.92 Å². The van der Waals surface area contributed by atoms with Crippen molar-refractivity contribution in [2.24, 2.45) is 5.92 Å². The molecular weight excluding hydrogens is 300 g/mol. The molecule has 1 aliphatic carbocycles. The summed E-state index contributed by atoms with van der Waals surface area (Å²) in [6, 6.07) is 10.0. The quantitative estimate of drug-likeness (QED) is 0.903. The Morgan fingerprint density at radius 1 is 1.29 bits per heavy atom. The highest BCUT2D eigenvalue weighted by Crippen LogP contribution is 2.37. The van der Waals surface area contributed by atoms with Gasteiger partial charge in [-0.25, -0.2) is 0 Å². The number of aromatic nitrogens is 1. The van der Waals surface area contributed by atoms with Gasteiger partial charge in [0.15, 0.2) is 0 Å². The number of carbonyl (C=O) groups excluding carboxylic acids is 1. The maximum atomic E-state index is 13.0. The van der Waals surface area contributed by atoms with Crippen LogP contribution in [0.15, 0.2) is 30.3 Å². The SMILES string of the molecule is CCCC[C@@H]1CN(C(=O)c2cc3ccccc3[nH]2)C[C@H](C2CC2)O1. The molecule has 0 radical (unpaired) electrons. The lowest BCUT2D eigenvalue weighted by Gasteiger charge is -2.38. The molecule has 2 heterocycles. The second-order valence-electron chi connectivity index (χ2n) is 7.26. The van der Waals surface area contributed by atoms with Gasteiger partial charge in [0, 0.05) is 24.0 Å². The van der Waals surface area contributed by atoms with Gasteiger partial charge in [0.05, 0.1) is 12.2 Å². The first kappa shape index (κ1) is 15.7. The van der Waals surface area contributed by atoms with Crippen LogP contribution in [-0.2, 0) is 4.74 Å². The minimum absolute atomic E-state index is 0.113. The van der Waals surface area contributed by atoms with Crippen molar-refractivity contribution in [3.8, 4) is 0 Å². The van der Waals surface area contributed by atoms with E-state index in [2.05, 4.69) is 11.9 Å². The van der Waals surface area contributed by atoms with Crippen LogP contribution in [0.25, 0.3) is 10.9 Å². The minimum Gasteiger partial charge on any atom is -0.371 e. The minimum atomic E-state index is 0.113. The molecule has 24 heavy (non-hydrogen) atoms. The fourth-order valence-electron chi connectivity index (χ4n) is 3.71. The summed E-state index contributed by atoms with van der Waals surface area (Å²) in [5, 5.41) is 1.09. The fourth-order valence-corrected chi connectivity index (χ4v) is 3.71. The number of benzene rings is 1. The number of unbranched alkanes of at least 4 members (excludes halogenated alkanes) is 1. The number of fused-ring (bicyclic) bond motifs is 1. The van der Waals surface area contributed by atoms with E-state index in [9.17, 15) is 4.79 Å². The van der Waals surface area contributed by atoms with Crippen LogP contribution >= 0.6 is 0 Å². The Labute approximate surface area is 143 Å². The summed E-state index contributed by atoms with van der Waals surface area (Å²) in [6.45, 7) is 3.66. The molecule has 2 aromatic rings. The highest BCUT2D eigenvalue weighted by Gasteiger charge is 2.39. The van der Waals surface area contributed by atoms with E-state index in [1.807, 2.05) is 35.2 Å². The third kappa shape index (κ3) is 3.20. The van der Waals surface area contributed by atoms with Gasteiger partial charge in [-0.2, -0.15) is 0 Å². The van der Waals surface area contributed by atoms with E-state index >= 15 is 0 Å². The molecule has 0 spiro atoms. The van der Waals surface area contributed by atoms with Gasteiger partial charge < -0.3 is 14.6 Å². The van der Waals surface area contributed by atoms with Crippen LogP contribution in [0.3, 0.4) is 0 Å². The molecule has 1 saturated heterocycles. The molecule has 4 rings (SSSR count). The van der Waals surface area contributed by atoms with Gasteiger partial charge in [-0.05, 0) is 37.3 Å². The molecule has 4 nitrogen and oxygen atoms in total. The predicted octanol–water partition coefficient (Wildman–Crippen LogP) is 3.98. The van der Waals surface area contributed by atoms with Crippen molar-refractivity contribution in [1.82, 2.24) is 9.88 Å². The summed E-state index contributed by atoms with van der Waals surface area (Å²) in [7, 11) is 0. The number of morpholine rings is 1. The number of carbonyl (C=O) groups is 1. The lowest BCUT2D eigenvalue weighted by Crippen LogP contribution is -2.50. The van der Waals surface area contributed by atoms with E-state index in [0.29, 0.717) is 11.6 Å². The Morgan fingerprint density at radius 2 is 2.12 bits per heavy atom. The molecule has 4 heteroatoms. The standard InChI is InChI=1S/C20H26N2O2/c1-2-3-7-16-12-22(13-19(24-16)14-9-10-14)20(23)18-11-15-6-4-5-8-17(15)21-18/h4-6,8,11,14,16,19,21H,2-3,7,9-10,12-13H2,1H3/t16-,19-/m1/s1. The summed E-state index contributed by atoms with van der Waals surface area (Å²) in [5.74, 6) is 0.772. The lowest BCUT2D eigenvalue weighted by atomic mass is 10.1. The van der Waals surface area contributed by atoms with Crippen LogP contribution in [0.2, 0.25) is 0 Å². The largest absolute Gasteiger partial charge is 0.371 e. The molecule has 2 fully saturated rings. The third-order valence-corrected chi connectivity index (χ3v) is 5.27. The number of hydrogen-bond acceptors (Lipinski definition) is 2. The highest BCUT2D eigenvalue weighted by atomic mass is 16.5. The first-order valence-corrected chi connectivity index (χ1v) is 9.27. The molecule has 1 amide bonds. The molecule has 1 aromatic carbocycles. The Kier molecular flexibility index (Phi) is 4.31. The number of ether oxygens (including phenoxy) is 1. The number of nitrogens with one attached hydrogen (secondary N) is 1. The maximum absolute atomic E-state index is 13.0. The topological polar surface area (TPSA) is 45.3 Å². The molecule has 1 aliphatic heterocycles. The Hall–Kier alpha value is -1.81. The van der Waals surface area contributed by atoms with Crippen molar-refractivity contribution in [2.45, 2.75) is 51.2 Å². The summed E-state index contributed by atoms with van der Waals surface area (Å²) < 4.78 is 6.28. The summed E-state index contributed by atoms with van der Waals surface area (Å²) >= 11 is 0. The van der Waals surface area contributed by atoms with Crippen LogP contribution in [0.4, 0.5) is 0 Å². The van der Waals surface area contributed by atoms with Crippen molar-refractivity contribution >= 4 is 16.8 Å². The summed E-state index contributed by atoms with van der Waals surface area (Å²) in [4.78, 5) is 18.3. The van der Waals surface area contributed by atoms with E-state index in [4.69, 9.17) is 4.74 Å². The number of H-pyrrole nitrogens is 1. The van der Waals surface area contributed by atoms with Crippen molar-refractivity contribution in [2.75, 3.05) is 13.1 Å². The van der Waals surface area contributed by atoms with Gasteiger partial charge in [0.2, 0.25) is 0 Å². The summed E-state index contributed by atoms with van der Waals surface area (Å²) in [5.41, 5.74) is 1.72. The second kappa shape index (κ2) is 6.60. The summed E-state index contributed by atoms with van der Waals surface area (Å²) in [6.07, 6.45) is 6.31. The monoisotopic (exact) mass is 326 g/mol. The fraction of sp³-hybridized carbons (Fsp3) is 0.550. The Morgan fingerprint density at radius 3 is 2.88 bits per heavy atom. The number of rotatable bonds is 5. The molecular formula is C20H26N2O2. The van der Waals surface area contributed by atoms with Gasteiger partial charge in [-0.1, -0.05) is 38.0 Å². The van der Waals surface area contributed by atoms with Crippen LogP contribution in [0.5, 0.6) is 0 Å². The Balaban J connectivity index is 1.52. The van der Waals surface area contributed by atoms with E-state index < -0.39 is 0 Å². The number of hydrogen-bond donors (Lipinski definition) is 1. The zero-order valence-corrected chi connectivity index (χ0v) is 14.3. The zero-order chi connectivity index (χ0) is 16.5. The van der Waals surface area contributed by atoms with E-state index in [0.717, 1.165) is 36.8 Å². The van der Waals surface area contributed by atoms with E-state index in [1.165, 1.54) is 19.3 Å². The maximum Gasteiger partial charge on any atom is 0.270 e. The van der Waals surface area contributed by atoms with Crippen molar-refractivity contribution in [3.05, 3.63) is 36.0 Å². The predicted molar refractivity (Wildman–Crippen MR) is 95.1 cm³/mol. The average molecular weight is 326 g/mol. The van der Waals surface area contributed by atoms with E-state index in [1.54, 1.807) is 0 Å². The molecule has 2 aliphatic rings. The number of nitrogens with zero attached hydrogens (tertiary/aromatic N) is 1. The molecule has 0 bridgehead atoms. The highest BCUT2D eigenvalue weighted by molar-refractivity contribution is 5.98. The molecule has 0 unspecified atom stereocenters. The van der Waals surface area contributed by atoms with Gasteiger partial charge >= 0.3 is 0 Å². The van der Waals surface area contributed by atoms with Gasteiger partial charge in [0.25, 0.3) is 5.91 Å². The van der Waals surface area contributed by atoms with Crippen molar-refractivity contribution in [1.29, 1.82) is 0 Å². The lowest BCUT2D eigenvalue weighted by molar-refractivity contribution is -0.0875. The zero-order valence-electron chi connectivity index (χ0n) is 14.3. The van der Waals surface area contributed by atoms with Gasteiger partial charge in [-0.15, -0.1) is 0 Å². The molecule has 1 N–H and O–H groups in total. The number of para-hydroxylation sites is 1. The van der Waals surface area contributed by atoms with Crippen molar-refractivity contribution < 1.29 is 9.53 Å². The van der Waals surface area contributed by atoms with Crippen LogP contribution in [0.1, 0.15) is 49.5 Å². The van der Waals surface area contributed by atoms with Gasteiger partial charge in [-0.3, -0.25) is 4.79 Å². The molecule has 2 atom stereocenters. The number of aromatic amines is 1. The average Bonchev–Trinajstić information content (AvgIpc) is 3.37. The van der Waals surface area contributed by atoms with Gasteiger partial charge in [0.1, 0.15) is 5.69 Å². The third-order valence-electron chi connectivity index (χ3n) is 5.27. The Bertz CT molecular complexity index is 686. The van der Waals surface area contributed by atoms with Crippen LogP contribution < -0.4 is 0 Å². The normalized spacial score (nSPS) is 24.5. The molecule has 1 saturated carbocycles. The van der Waals surface area contributed by atoms with Crippen LogP contribution in [-0.4, -0.2) is 41.1 Å². The smallest absolute Gasteiger partial charge is 0.270 e. The van der Waals surface area contributed by atoms with E-state index in [-0.39, 0.29) is 18.1 Å². The second-order valence-corrected chi connectivity index (χ2v) is 7.26. The first-order valence-electron chi connectivity index (χ1n) is 9.27. The van der Waals surface area contributed by atoms with Crippen molar-refractivity contribution in [3.63, 3.8) is 0 Å². The first-order chi connectivity index (χ1) is 11.7.